The third kappa shape index (κ3) is 6.80. The van der Waals surface area contributed by atoms with Gasteiger partial charge in [0.15, 0.2) is 11.5 Å². The second-order valence-electron chi connectivity index (χ2n) is 9.84. The number of benzene rings is 3. The highest BCUT2D eigenvalue weighted by Crippen LogP contribution is 2.29. The van der Waals surface area contributed by atoms with Gasteiger partial charge in [-0.1, -0.05) is 36.2 Å². The molecule has 1 aliphatic heterocycles. The van der Waals surface area contributed by atoms with E-state index in [-0.39, 0.29) is 28.9 Å². The van der Waals surface area contributed by atoms with Crippen LogP contribution in [-0.4, -0.2) is 58.8 Å². The highest BCUT2D eigenvalue weighted by Gasteiger charge is 2.32. The van der Waals surface area contributed by atoms with E-state index in [2.05, 4.69) is 0 Å². The van der Waals surface area contributed by atoms with Gasteiger partial charge < -0.3 is 9.47 Å². The second-order valence-corrected chi connectivity index (χ2v) is 14.1. The van der Waals surface area contributed by atoms with Crippen molar-refractivity contribution in [2.75, 3.05) is 27.3 Å². The van der Waals surface area contributed by atoms with Crippen LogP contribution in [0.3, 0.4) is 0 Å². The van der Waals surface area contributed by atoms with E-state index in [1.807, 2.05) is 19.1 Å². The number of methoxy groups -OCH3 is 2. The predicted octanol–water partition coefficient (Wildman–Crippen LogP) is 5.35. The maximum absolute atomic E-state index is 13.9. The quantitative estimate of drug-likeness (QED) is 0.292. The van der Waals surface area contributed by atoms with Crippen molar-refractivity contribution in [2.24, 2.45) is 0 Å². The summed E-state index contributed by atoms with van der Waals surface area (Å²) in [6.07, 6.45) is 3.05. The molecule has 0 N–H and O–H groups in total. The Labute approximate surface area is 242 Å². The van der Waals surface area contributed by atoms with Crippen molar-refractivity contribution in [1.29, 1.82) is 0 Å². The molecular weight excluding hydrogens is 572 g/mol. The average Bonchev–Trinajstić information content (AvgIpc) is 2.96. The molecule has 1 fully saturated rings. The Hall–Kier alpha value is -2.63. The predicted molar refractivity (Wildman–Crippen MR) is 156 cm³/mol. The third-order valence-electron chi connectivity index (χ3n) is 7.18. The average molecular weight is 607 g/mol. The zero-order chi connectivity index (χ0) is 28.9. The summed E-state index contributed by atoms with van der Waals surface area (Å²) in [7, 11) is -4.58. The van der Waals surface area contributed by atoms with Crippen LogP contribution in [0.4, 0.5) is 0 Å². The molecule has 0 aliphatic carbocycles. The van der Waals surface area contributed by atoms with Gasteiger partial charge in [-0.15, -0.1) is 0 Å². The molecule has 0 unspecified atom stereocenters. The molecule has 0 spiro atoms. The molecule has 1 atom stereocenters. The van der Waals surface area contributed by atoms with E-state index < -0.39 is 20.0 Å². The van der Waals surface area contributed by atoms with Crippen molar-refractivity contribution >= 4 is 31.6 Å². The summed E-state index contributed by atoms with van der Waals surface area (Å²) >= 11 is 6.04. The summed E-state index contributed by atoms with van der Waals surface area (Å²) < 4.78 is 67.8. The van der Waals surface area contributed by atoms with Crippen molar-refractivity contribution in [3.05, 3.63) is 82.9 Å². The minimum Gasteiger partial charge on any atom is -0.493 e. The van der Waals surface area contributed by atoms with E-state index in [0.29, 0.717) is 29.5 Å². The molecule has 1 heterocycles. The van der Waals surface area contributed by atoms with E-state index in [1.54, 1.807) is 44.6 Å². The number of halogens is 1. The number of rotatable bonds is 11. The molecule has 0 bridgehead atoms. The number of nitrogens with zero attached hydrogens (tertiary/aromatic N) is 2. The van der Waals surface area contributed by atoms with Gasteiger partial charge in [0.1, 0.15) is 0 Å². The lowest BCUT2D eigenvalue weighted by Gasteiger charge is -2.32. The lowest BCUT2D eigenvalue weighted by atomic mass is 10.1. The van der Waals surface area contributed by atoms with E-state index in [0.717, 1.165) is 30.4 Å². The maximum atomic E-state index is 13.9. The summed E-state index contributed by atoms with van der Waals surface area (Å²) in [5, 5.41) is 0.559. The van der Waals surface area contributed by atoms with Crippen LogP contribution in [0, 0.1) is 0 Å². The summed E-state index contributed by atoms with van der Waals surface area (Å²) in [6, 6.07) is 17.9. The standard InChI is InChI=1S/C29H35ClN2O6S2/c1-22-6-4-5-18-32(22)40(35,36)27-14-12-26(13-15-27)39(33,34)31(21-24-7-10-25(30)11-8-24)19-17-23-9-16-28(37-2)29(20-23)38-3/h7-16,20,22H,4-6,17-19,21H2,1-3H3/t22-/m1/s1. The van der Waals surface area contributed by atoms with Crippen LogP contribution in [-0.2, 0) is 33.0 Å². The largest absolute Gasteiger partial charge is 0.493 e. The van der Waals surface area contributed by atoms with Gasteiger partial charge in [0.25, 0.3) is 0 Å². The van der Waals surface area contributed by atoms with Gasteiger partial charge in [-0.2, -0.15) is 8.61 Å². The molecule has 1 aliphatic rings. The van der Waals surface area contributed by atoms with Gasteiger partial charge in [-0.25, -0.2) is 16.8 Å². The Morgan fingerprint density at radius 1 is 0.850 bits per heavy atom. The van der Waals surface area contributed by atoms with Gasteiger partial charge >= 0.3 is 0 Å². The highest BCUT2D eigenvalue weighted by atomic mass is 35.5. The van der Waals surface area contributed by atoms with Crippen LogP contribution in [0.25, 0.3) is 0 Å². The second kappa shape index (κ2) is 12.9. The van der Waals surface area contributed by atoms with Crippen molar-refractivity contribution in [3.8, 4) is 11.5 Å². The van der Waals surface area contributed by atoms with Crippen molar-refractivity contribution in [2.45, 2.75) is 55.0 Å². The number of hydrogen-bond donors (Lipinski definition) is 0. The van der Waals surface area contributed by atoms with Crippen molar-refractivity contribution in [1.82, 2.24) is 8.61 Å². The molecule has 40 heavy (non-hydrogen) atoms. The minimum absolute atomic E-state index is 0.0272. The van der Waals surface area contributed by atoms with E-state index in [1.165, 1.54) is 32.9 Å². The van der Waals surface area contributed by atoms with Gasteiger partial charge in [-0.3, -0.25) is 0 Å². The lowest BCUT2D eigenvalue weighted by Crippen LogP contribution is -2.41. The SMILES string of the molecule is COc1ccc(CCN(Cc2ccc(Cl)cc2)S(=O)(=O)c2ccc(S(=O)(=O)N3CCCC[C@H]3C)cc2)cc1OC. The molecule has 0 amide bonds. The third-order valence-corrected chi connectivity index (χ3v) is 11.3. The molecule has 0 aromatic heterocycles. The number of hydrogen-bond acceptors (Lipinski definition) is 6. The molecule has 0 saturated carbocycles. The zero-order valence-corrected chi connectivity index (χ0v) is 25.3. The van der Waals surface area contributed by atoms with Crippen LogP contribution in [0.1, 0.15) is 37.3 Å². The molecular formula is C29H35ClN2O6S2. The first-order chi connectivity index (χ1) is 19.1. The first kappa shape index (κ1) is 30.3. The van der Waals surface area contributed by atoms with Crippen molar-refractivity contribution < 1.29 is 26.3 Å². The Bertz CT molecular complexity index is 1510. The summed E-state index contributed by atoms with van der Waals surface area (Å²) in [4.78, 5) is 0.120. The summed E-state index contributed by atoms with van der Waals surface area (Å²) in [5.41, 5.74) is 1.66. The van der Waals surface area contributed by atoms with Crippen molar-refractivity contribution in [3.63, 3.8) is 0 Å². The lowest BCUT2D eigenvalue weighted by molar-refractivity contribution is 0.268. The normalized spacial score (nSPS) is 16.7. The van der Waals surface area contributed by atoms with E-state index in [9.17, 15) is 16.8 Å². The Balaban J connectivity index is 1.61. The topological polar surface area (TPSA) is 93.2 Å². The fourth-order valence-electron chi connectivity index (χ4n) is 4.86. The number of sulfonamides is 2. The van der Waals surface area contributed by atoms with Gasteiger partial charge in [-0.05, 0) is 85.8 Å². The fraction of sp³-hybridized carbons (Fsp3) is 0.379. The highest BCUT2D eigenvalue weighted by molar-refractivity contribution is 7.89. The van der Waals surface area contributed by atoms with Crippen LogP contribution in [0.5, 0.6) is 11.5 Å². The first-order valence-electron chi connectivity index (χ1n) is 13.1. The zero-order valence-electron chi connectivity index (χ0n) is 22.9. The molecule has 216 valence electrons. The van der Waals surface area contributed by atoms with Gasteiger partial charge in [0.05, 0.1) is 24.0 Å². The maximum Gasteiger partial charge on any atom is 0.243 e. The van der Waals surface area contributed by atoms with Gasteiger partial charge in [0, 0.05) is 30.7 Å². The molecule has 8 nitrogen and oxygen atoms in total. The number of ether oxygens (including phenoxy) is 2. The molecule has 11 heteroatoms. The smallest absolute Gasteiger partial charge is 0.243 e. The van der Waals surface area contributed by atoms with E-state index in [4.69, 9.17) is 21.1 Å². The molecule has 4 rings (SSSR count). The first-order valence-corrected chi connectivity index (χ1v) is 16.4. The fourth-order valence-corrected chi connectivity index (χ4v) is 8.12. The summed E-state index contributed by atoms with van der Waals surface area (Å²) in [6.45, 7) is 2.68. The molecule has 3 aromatic carbocycles. The Morgan fingerprint density at radius 3 is 2.10 bits per heavy atom. The molecule has 3 aromatic rings. The molecule has 1 saturated heterocycles. The van der Waals surface area contributed by atoms with Crippen LogP contribution in [0.15, 0.2) is 76.5 Å². The van der Waals surface area contributed by atoms with Crippen LogP contribution in [0.2, 0.25) is 5.02 Å². The Kier molecular flexibility index (Phi) is 9.79. The van der Waals surface area contributed by atoms with Crippen LogP contribution < -0.4 is 9.47 Å². The monoisotopic (exact) mass is 606 g/mol. The summed E-state index contributed by atoms with van der Waals surface area (Å²) in [5.74, 6) is 1.15. The number of piperidine rings is 1. The van der Waals surface area contributed by atoms with E-state index >= 15 is 0 Å². The van der Waals surface area contributed by atoms with Crippen LogP contribution >= 0.6 is 11.6 Å². The Morgan fingerprint density at radius 2 is 1.48 bits per heavy atom. The molecule has 0 radical (unpaired) electrons. The van der Waals surface area contributed by atoms with Gasteiger partial charge in [0.2, 0.25) is 20.0 Å². The minimum atomic E-state index is -3.97.